The van der Waals surface area contributed by atoms with Gasteiger partial charge in [-0.25, -0.2) is 14.8 Å². The number of aromatic nitrogens is 2. The Morgan fingerprint density at radius 3 is 2.57 bits per heavy atom. The minimum Gasteiger partial charge on any atom is -0.465 e. The van der Waals surface area contributed by atoms with Gasteiger partial charge in [-0.2, -0.15) is 13.2 Å². The average molecular weight is 456 g/mol. The van der Waals surface area contributed by atoms with Crippen LogP contribution in [0, 0.1) is 6.92 Å². The molecule has 0 atom stereocenters. The number of anilines is 1. The molecule has 1 amide bonds. The fraction of sp³-hybridized carbons (Fsp3) is 0.158. The van der Waals surface area contributed by atoms with Gasteiger partial charge in [-0.3, -0.25) is 4.79 Å². The van der Waals surface area contributed by atoms with Gasteiger partial charge in [0.1, 0.15) is 15.6 Å². The molecule has 156 valence electrons. The number of alkyl halides is 3. The second-order valence-electron chi connectivity index (χ2n) is 6.00. The topological polar surface area (TPSA) is 81.2 Å². The van der Waals surface area contributed by atoms with Crippen molar-refractivity contribution in [1.82, 2.24) is 9.97 Å². The zero-order valence-electron chi connectivity index (χ0n) is 15.5. The smallest absolute Gasteiger partial charge is 0.433 e. The summed E-state index contributed by atoms with van der Waals surface area (Å²) in [4.78, 5) is 32.0. The summed E-state index contributed by atoms with van der Waals surface area (Å²) in [5.41, 5.74) is -0.318. The molecule has 2 heterocycles. The number of aryl methyl sites for hydroxylation is 1. The lowest BCUT2D eigenvalue weighted by Gasteiger charge is -2.11. The number of pyridine rings is 1. The summed E-state index contributed by atoms with van der Waals surface area (Å²) in [5.74, 6) is -1.17. The lowest BCUT2D eigenvalue weighted by molar-refractivity contribution is -0.141. The zero-order valence-corrected chi connectivity index (χ0v) is 17.1. The molecule has 0 fully saturated rings. The molecule has 11 heteroatoms. The fourth-order valence-corrected chi connectivity index (χ4v) is 3.65. The van der Waals surface area contributed by atoms with E-state index in [9.17, 15) is 22.8 Å². The molecule has 0 aliphatic carbocycles. The standard InChI is InChI=1S/C19H13ClF3N3O3S/c1-9-11(4-6-15(25-9)19(21,22)23)16(27)26-10-3-5-13(20)12(7-10)17-24-8-14(30-17)18(28)29-2/h3-8H,1-2H3,(H,26,27). The third-order valence-electron chi connectivity index (χ3n) is 3.97. The van der Waals surface area contributed by atoms with Crippen molar-refractivity contribution in [2.45, 2.75) is 13.1 Å². The van der Waals surface area contributed by atoms with E-state index in [2.05, 4.69) is 20.0 Å². The number of ether oxygens (including phenoxy) is 1. The minimum atomic E-state index is -4.60. The summed E-state index contributed by atoms with van der Waals surface area (Å²) >= 11 is 7.28. The van der Waals surface area contributed by atoms with Crippen molar-refractivity contribution in [3.63, 3.8) is 0 Å². The second kappa shape index (κ2) is 8.41. The Morgan fingerprint density at radius 2 is 1.93 bits per heavy atom. The Labute approximate surface area is 177 Å². The second-order valence-corrected chi connectivity index (χ2v) is 7.44. The van der Waals surface area contributed by atoms with Gasteiger partial charge in [0.15, 0.2) is 0 Å². The van der Waals surface area contributed by atoms with Crippen molar-refractivity contribution < 1.29 is 27.5 Å². The van der Waals surface area contributed by atoms with E-state index in [0.29, 0.717) is 21.3 Å². The summed E-state index contributed by atoms with van der Waals surface area (Å²) in [6.07, 6.45) is -3.24. The number of thiazole rings is 1. The van der Waals surface area contributed by atoms with E-state index in [1.54, 1.807) is 6.07 Å². The van der Waals surface area contributed by atoms with Crippen molar-refractivity contribution in [2.75, 3.05) is 12.4 Å². The lowest BCUT2D eigenvalue weighted by Crippen LogP contribution is -2.16. The van der Waals surface area contributed by atoms with Gasteiger partial charge in [-0.15, -0.1) is 11.3 Å². The van der Waals surface area contributed by atoms with Gasteiger partial charge in [0.05, 0.1) is 29.6 Å². The first kappa shape index (κ1) is 21.7. The maximum absolute atomic E-state index is 12.8. The molecular weight excluding hydrogens is 443 g/mol. The average Bonchev–Trinajstić information content (AvgIpc) is 3.18. The van der Waals surface area contributed by atoms with E-state index >= 15 is 0 Å². The van der Waals surface area contributed by atoms with Gasteiger partial charge >= 0.3 is 12.1 Å². The Balaban J connectivity index is 1.86. The molecule has 0 saturated carbocycles. The molecule has 0 bridgehead atoms. The van der Waals surface area contributed by atoms with Crippen LogP contribution in [0.1, 0.15) is 31.4 Å². The van der Waals surface area contributed by atoms with E-state index in [1.165, 1.54) is 32.4 Å². The summed E-state index contributed by atoms with van der Waals surface area (Å²) in [5, 5.41) is 3.37. The molecule has 0 radical (unpaired) electrons. The van der Waals surface area contributed by atoms with Crippen LogP contribution >= 0.6 is 22.9 Å². The Morgan fingerprint density at radius 1 is 1.20 bits per heavy atom. The lowest BCUT2D eigenvalue weighted by atomic mass is 10.1. The van der Waals surface area contributed by atoms with E-state index in [-0.39, 0.29) is 16.1 Å². The maximum atomic E-state index is 12.8. The van der Waals surface area contributed by atoms with Gasteiger partial charge in [0.2, 0.25) is 0 Å². The first-order valence-corrected chi connectivity index (χ1v) is 9.50. The van der Waals surface area contributed by atoms with E-state index < -0.39 is 23.7 Å². The van der Waals surface area contributed by atoms with Crippen LogP contribution in [0.2, 0.25) is 5.02 Å². The largest absolute Gasteiger partial charge is 0.465 e. The van der Waals surface area contributed by atoms with Gasteiger partial charge in [0, 0.05) is 11.3 Å². The molecule has 0 aliphatic heterocycles. The monoisotopic (exact) mass is 455 g/mol. The Kier molecular flexibility index (Phi) is 6.09. The number of hydrogen-bond donors (Lipinski definition) is 1. The van der Waals surface area contributed by atoms with Crippen LogP contribution in [-0.2, 0) is 10.9 Å². The SMILES string of the molecule is COC(=O)c1cnc(-c2cc(NC(=O)c3ccc(C(F)(F)F)nc3C)ccc2Cl)s1. The highest BCUT2D eigenvalue weighted by molar-refractivity contribution is 7.16. The van der Waals surface area contributed by atoms with Crippen LogP contribution in [-0.4, -0.2) is 29.0 Å². The number of nitrogens with zero attached hydrogens (tertiary/aromatic N) is 2. The Hall–Kier alpha value is -2.98. The van der Waals surface area contributed by atoms with Gasteiger partial charge in [-0.05, 0) is 37.3 Å². The molecule has 0 unspecified atom stereocenters. The predicted molar refractivity (Wildman–Crippen MR) is 106 cm³/mol. The van der Waals surface area contributed by atoms with Crippen LogP contribution in [0.25, 0.3) is 10.6 Å². The summed E-state index contributed by atoms with van der Waals surface area (Å²) in [6, 6.07) is 6.43. The fourth-order valence-electron chi connectivity index (χ4n) is 2.52. The van der Waals surface area contributed by atoms with E-state index in [0.717, 1.165) is 23.5 Å². The predicted octanol–water partition coefficient (Wildman–Crippen LogP) is 5.22. The zero-order chi connectivity index (χ0) is 22.1. The number of esters is 1. The number of amides is 1. The number of rotatable bonds is 4. The van der Waals surface area contributed by atoms with Crippen molar-refractivity contribution in [3.05, 3.63) is 63.4 Å². The number of carbonyl (C=O) groups is 2. The number of methoxy groups -OCH3 is 1. The third kappa shape index (κ3) is 4.60. The number of hydrogen-bond acceptors (Lipinski definition) is 6. The first-order valence-electron chi connectivity index (χ1n) is 8.30. The highest BCUT2D eigenvalue weighted by atomic mass is 35.5. The van der Waals surface area contributed by atoms with Crippen molar-refractivity contribution in [2.24, 2.45) is 0 Å². The van der Waals surface area contributed by atoms with Gasteiger partial charge in [-0.1, -0.05) is 11.6 Å². The third-order valence-corrected chi connectivity index (χ3v) is 5.31. The molecule has 0 saturated heterocycles. The van der Waals surface area contributed by atoms with E-state index in [4.69, 9.17) is 11.6 Å². The van der Waals surface area contributed by atoms with Crippen molar-refractivity contribution in [3.8, 4) is 10.6 Å². The molecule has 2 aromatic heterocycles. The molecule has 0 aliphatic rings. The molecule has 3 rings (SSSR count). The molecule has 1 N–H and O–H groups in total. The van der Waals surface area contributed by atoms with Crippen molar-refractivity contribution in [1.29, 1.82) is 0 Å². The van der Waals surface area contributed by atoms with Crippen LogP contribution in [0.3, 0.4) is 0 Å². The molecule has 3 aromatic rings. The molecule has 1 aromatic carbocycles. The number of carbonyl (C=O) groups excluding carboxylic acids is 2. The quantitative estimate of drug-likeness (QED) is 0.545. The van der Waals surface area contributed by atoms with Crippen molar-refractivity contribution >= 4 is 40.5 Å². The van der Waals surface area contributed by atoms with Gasteiger partial charge < -0.3 is 10.1 Å². The van der Waals surface area contributed by atoms with Crippen LogP contribution in [0.15, 0.2) is 36.5 Å². The molecule has 6 nitrogen and oxygen atoms in total. The number of halogens is 4. The maximum Gasteiger partial charge on any atom is 0.433 e. The molecule has 0 spiro atoms. The van der Waals surface area contributed by atoms with E-state index in [1.807, 2.05) is 0 Å². The summed E-state index contributed by atoms with van der Waals surface area (Å²) in [7, 11) is 1.25. The highest BCUT2D eigenvalue weighted by Gasteiger charge is 2.33. The molecule has 30 heavy (non-hydrogen) atoms. The number of nitrogens with one attached hydrogen (secondary N) is 1. The minimum absolute atomic E-state index is 0.00160. The summed E-state index contributed by atoms with van der Waals surface area (Å²) in [6.45, 7) is 1.32. The summed E-state index contributed by atoms with van der Waals surface area (Å²) < 4.78 is 42.9. The molecular formula is C19H13ClF3N3O3S. The normalized spacial score (nSPS) is 11.3. The first-order chi connectivity index (χ1) is 14.1. The van der Waals surface area contributed by atoms with Gasteiger partial charge in [0.25, 0.3) is 5.91 Å². The highest BCUT2D eigenvalue weighted by Crippen LogP contribution is 2.34. The van der Waals surface area contributed by atoms with Crippen LogP contribution < -0.4 is 5.32 Å². The van der Waals surface area contributed by atoms with Crippen LogP contribution in [0.4, 0.5) is 18.9 Å². The Bertz CT molecular complexity index is 1130. The number of benzene rings is 1. The van der Waals surface area contributed by atoms with Crippen LogP contribution in [0.5, 0.6) is 0 Å².